The highest BCUT2D eigenvalue weighted by molar-refractivity contribution is 6.03. The van der Waals surface area contributed by atoms with E-state index in [-0.39, 0.29) is 5.43 Å². The Labute approximate surface area is 104 Å². The zero-order valence-electron chi connectivity index (χ0n) is 10.2. The normalized spacial score (nSPS) is 11.0. The van der Waals surface area contributed by atoms with Crippen molar-refractivity contribution in [2.45, 2.75) is 6.92 Å². The molecule has 0 saturated carbocycles. The topological polar surface area (TPSA) is 39.4 Å². The Morgan fingerprint density at radius 1 is 1.17 bits per heavy atom. The van der Waals surface area contributed by atoms with E-state index in [0.29, 0.717) is 22.5 Å². The molecule has 1 aromatic heterocycles. The molecule has 90 valence electrons. The van der Waals surface area contributed by atoms with E-state index in [1.165, 1.54) is 6.07 Å². The van der Waals surface area contributed by atoms with Gasteiger partial charge in [0.05, 0.1) is 7.11 Å². The smallest absolute Gasteiger partial charge is 0.196 e. The van der Waals surface area contributed by atoms with Gasteiger partial charge in [-0.25, -0.2) is 0 Å². The zero-order valence-corrected chi connectivity index (χ0v) is 10.2. The monoisotopic (exact) mass is 240 g/mol. The number of hydrogen-bond acceptors (Lipinski definition) is 3. The van der Waals surface area contributed by atoms with Crippen molar-refractivity contribution in [3.8, 4) is 5.75 Å². The molecule has 0 fully saturated rings. The molecule has 1 heterocycles. The van der Waals surface area contributed by atoms with Crippen molar-refractivity contribution in [1.29, 1.82) is 0 Å². The van der Waals surface area contributed by atoms with Gasteiger partial charge < -0.3 is 9.15 Å². The van der Waals surface area contributed by atoms with Gasteiger partial charge in [-0.3, -0.25) is 4.79 Å². The van der Waals surface area contributed by atoms with Crippen molar-refractivity contribution in [2.24, 2.45) is 0 Å². The lowest BCUT2D eigenvalue weighted by Crippen LogP contribution is -2.03. The molecule has 0 aliphatic heterocycles. The average Bonchev–Trinajstić information content (AvgIpc) is 2.35. The highest BCUT2D eigenvalue weighted by atomic mass is 16.5. The van der Waals surface area contributed by atoms with Gasteiger partial charge in [0, 0.05) is 11.5 Å². The molecular formula is C15H12O3. The fourth-order valence-corrected chi connectivity index (χ4v) is 2.28. The van der Waals surface area contributed by atoms with E-state index in [0.717, 1.165) is 10.8 Å². The van der Waals surface area contributed by atoms with E-state index in [9.17, 15) is 4.79 Å². The molecule has 0 amide bonds. The Hall–Kier alpha value is -2.29. The van der Waals surface area contributed by atoms with Gasteiger partial charge in [0.25, 0.3) is 0 Å². The second-order valence-electron chi connectivity index (χ2n) is 4.23. The summed E-state index contributed by atoms with van der Waals surface area (Å²) in [5, 5.41) is 2.42. The number of hydrogen-bond donors (Lipinski definition) is 0. The fourth-order valence-electron chi connectivity index (χ4n) is 2.28. The Morgan fingerprint density at radius 3 is 2.72 bits per heavy atom. The summed E-state index contributed by atoms with van der Waals surface area (Å²) in [5.41, 5.74) is 0.493. The second-order valence-corrected chi connectivity index (χ2v) is 4.23. The van der Waals surface area contributed by atoms with Gasteiger partial charge in [0.15, 0.2) is 5.43 Å². The van der Waals surface area contributed by atoms with Crippen LogP contribution in [0, 0.1) is 6.92 Å². The van der Waals surface area contributed by atoms with E-state index in [2.05, 4.69) is 0 Å². The molecular weight excluding hydrogens is 228 g/mol. The second kappa shape index (κ2) is 3.88. The molecule has 3 aromatic rings. The predicted molar refractivity (Wildman–Crippen MR) is 71.3 cm³/mol. The highest BCUT2D eigenvalue weighted by Gasteiger charge is 2.12. The molecule has 0 N–H and O–H groups in total. The van der Waals surface area contributed by atoms with Gasteiger partial charge in [-0.2, -0.15) is 0 Å². The lowest BCUT2D eigenvalue weighted by Gasteiger charge is -2.09. The minimum atomic E-state index is -0.0728. The molecule has 0 saturated heterocycles. The maximum Gasteiger partial charge on any atom is 0.196 e. The molecule has 3 heteroatoms. The molecule has 18 heavy (non-hydrogen) atoms. The maximum atomic E-state index is 12.1. The summed E-state index contributed by atoms with van der Waals surface area (Å²) in [5.74, 6) is 1.18. The third-order valence-corrected chi connectivity index (χ3v) is 3.02. The van der Waals surface area contributed by atoms with Crippen molar-refractivity contribution >= 4 is 21.7 Å². The molecule has 2 aromatic carbocycles. The summed E-state index contributed by atoms with van der Waals surface area (Å²) in [6.07, 6.45) is 0. The standard InChI is InChI=1S/C15H12O3/c1-9-7-12(16)14-13(18-9)8-10-5-3-4-6-11(10)15(14)17-2/h3-8H,1-2H3. The molecule has 0 bridgehead atoms. The summed E-state index contributed by atoms with van der Waals surface area (Å²) in [7, 11) is 1.57. The molecule has 0 aliphatic carbocycles. The third-order valence-electron chi connectivity index (χ3n) is 3.02. The first-order chi connectivity index (χ1) is 8.70. The van der Waals surface area contributed by atoms with Gasteiger partial charge in [0.1, 0.15) is 22.5 Å². The first-order valence-corrected chi connectivity index (χ1v) is 5.71. The lowest BCUT2D eigenvalue weighted by atomic mass is 10.1. The molecule has 0 spiro atoms. The van der Waals surface area contributed by atoms with Crippen LogP contribution in [0.3, 0.4) is 0 Å². The van der Waals surface area contributed by atoms with E-state index < -0.39 is 0 Å². The van der Waals surface area contributed by atoms with E-state index in [1.54, 1.807) is 14.0 Å². The van der Waals surface area contributed by atoms with Crippen LogP contribution in [-0.2, 0) is 0 Å². The zero-order chi connectivity index (χ0) is 12.7. The van der Waals surface area contributed by atoms with Gasteiger partial charge in [-0.15, -0.1) is 0 Å². The van der Waals surface area contributed by atoms with Gasteiger partial charge in [0.2, 0.25) is 0 Å². The average molecular weight is 240 g/mol. The third kappa shape index (κ3) is 1.48. The summed E-state index contributed by atoms with van der Waals surface area (Å²) in [6.45, 7) is 1.77. The van der Waals surface area contributed by atoms with E-state index >= 15 is 0 Å². The van der Waals surface area contributed by atoms with Crippen LogP contribution in [0.15, 0.2) is 45.6 Å². The Morgan fingerprint density at radius 2 is 1.94 bits per heavy atom. The minimum absolute atomic E-state index is 0.0728. The number of fused-ring (bicyclic) bond motifs is 2. The largest absolute Gasteiger partial charge is 0.495 e. The van der Waals surface area contributed by atoms with Crippen molar-refractivity contribution in [3.05, 3.63) is 52.4 Å². The van der Waals surface area contributed by atoms with Crippen LogP contribution in [0.2, 0.25) is 0 Å². The molecule has 3 nitrogen and oxygen atoms in total. The Kier molecular flexibility index (Phi) is 2.33. The Bertz CT molecular complexity index is 800. The molecule has 0 unspecified atom stereocenters. The summed E-state index contributed by atoms with van der Waals surface area (Å²) < 4.78 is 11.0. The van der Waals surface area contributed by atoms with Crippen LogP contribution >= 0.6 is 0 Å². The summed E-state index contributed by atoms with van der Waals surface area (Å²) in [6, 6.07) is 11.1. The lowest BCUT2D eigenvalue weighted by molar-refractivity contribution is 0.423. The van der Waals surface area contributed by atoms with Crippen molar-refractivity contribution in [2.75, 3.05) is 7.11 Å². The quantitative estimate of drug-likeness (QED) is 0.613. The number of ether oxygens (including phenoxy) is 1. The summed E-state index contributed by atoms with van der Waals surface area (Å²) in [4.78, 5) is 12.1. The van der Waals surface area contributed by atoms with Crippen LogP contribution in [0.5, 0.6) is 5.75 Å². The number of methoxy groups -OCH3 is 1. The fraction of sp³-hybridized carbons (Fsp3) is 0.133. The van der Waals surface area contributed by atoms with Gasteiger partial charge >= 0.3 is 0 Å². The molecule has 0 radical (unpaired) electrons. The molecule has 3 rings (SSSR count). The van der Waals surface area contributed by atoms with Crippen LogP contribution < -0.4 is 10.2 Å². The Balaban J connectivity index is 2.63. The number of rotatable bonds is 1. The van der Waals surface area contributed by atoms with Crippen LogP contribution in [-0.4, -0.2) is 7.11 Å². The first kappa shape index (κ1) is 10.8. The van der Waals surface area contributed by atoms with Crippen molar-refractivity contribution in [1.82, 2.24) is 0 Å². The molecule has 0 aliphatic rings. The van der Waals surface area contributed by atoms with E-state index in [4.69, 9.17) is 9.15 Å². The van der Waals surface area contributed by atoms with Crippen LogP contribution in [0.1, 0.15) is 5.76 Å². The number of aryl methyl sites for hydroxylation is 1. The van der Waals surface area contributed by atoms with Crippen LogP contribution in [0.25, 0.3) is 21.7 Å². The first-order valence-electron chi connectivity index (χ1n) is 5.71. The van der Waals surface area contributed by atoms with Crippen molar-refractivity contribution in [3.63, 3.8) is 0 Å². The minimum Gasteiger partial charge on any atom is -0.495 e. The number of benzene rings is 2. The summed E-state index contributed by atoms with van der Waals surface area (Å²) >= 11 is 0. The van der Waals surface area contributed by atoms with E-state index in [1.807, 2.05) is 30.3 Å². The van der Waals surface area contributed by atoms with Crippen molar-refractivity contribution < 1.29 is 9.15 Å². The SMILES string of the molecule is COc1c2ccccc2cc2oc(C)cc(=O)c12. The highest BCUT2D eigenvalue weighted by Crippen LogP contribution is 2.32. The maximum absolute atomic E-state index is 12.1. The predicted octanol–water partition coefficient (Wildman–Crippen LogP) is 3.26. The van der Waals surface area contributed by atoms with Gasteiger partial charge in [-0.1, -0.05) is 24.3 Å². The van der Waals surface area contributed by atoms with Gasteiger partial charge in [-0.05, 0) is 18.4 Å². The molecule has 0 atom stereocenters. The van der Waals surface area contributed by atoms with Crippen LogP contribution in [0.4, 0.5) is 0 Å².